The lowest BCUT2D eigenvalue weighted by atomic mass is 10.2. The number of anilines is 1. The number of hydrogen-bond acceptors (Lipinski definition) is 6. The molecule has 0 N–H and O–H groups in total. The normalized spacial score (nSPS) is 15.0. The maximum Gasteiger partial charge on any atom is 0.338 e. The van der Waals surface area contributed by atoms with Crippen LogP contribution in [0.15, 0.2) is 48.7 Å². The minimum atomic E-state index is -0.297. The van der Waals surface area contributed by atoms with E-state index in [1.165, 1.54) is 0 Å². The van der Waals surface area contributed by atoms with E-state index in [1.54, 1.807) is 31.4 Å². The number of carbonyl (C=O) groups excluding carboxylic acids is 1. The summed E-state index contributed by atoms with van der Waals surface area (Å²) < 4.78 is 10.5. The molecule has 1 aromatic heterocycles. The van der Waals surface area contributed by atoms with Crippen molar-refractivity contribution in [1.29, 1.82) is 0 Å². The van der Waals surface area contributed by atoms with E-state index < -0.39 is 0 Å². The molecule has 1 aliphatic rings. The lowest BCUT2D eigenvalue weighted by molar-refractivity contribution is 0.0459. The summed E-state index contributed by atoms with van der Waals surface area (Å²) in [6.45, 7) is 4.90. The molecule has 0 amide bonds. The van der Waals surface area contributed by atoms with Crippen molar-refractivity contribution in [2.75, 3.05) is 51.3 Å². The molecule has 3 rings (SSSR count). The molecule has 0 unspecified atom stereocenters. The third-order valence-electron chi connectivity index (χ3n) is 4.31. The Morgan fingerprint density at radius 3 is 2.48 bits per heavy atom. The van der Waals surface area contributed by atoms with Crippen LogP contribution in [0.1, 0.15) is 10.4 Å². The SMILES string of the molecule is COc1ccc(C(=O)OCCN2CCN(c3ccccn3)CC2)cc1. The molecule has 0 spiro atoms. The van der Waals surface area contributed by atoms with Gasteiger partial charge in [0.1, 0.15) is 18.2 Å². The van der Waals surface area contributed by atoms with Gasteiger partial charge >= 0.3 is 5.97 Å². The first-order valence-corrected chi connectivity index (χ1v) is 8.46. The van der Waals surface area contributed by atoms with Gasteiger partial charge in [-0.25, -0.2) is 9.78 Å². The van der Waals surface area contributed by atoms with Crippen molar-refractivity contribution < 1.29 is 14.3 Å². The standard InChI is InChI=1S/C19H23N3O3/c1-24-17-7-5-16(6-8-17)19(23)25-15-14-21-10-12-22(13-11-21)18-4-2-3-9-20-18/h2-9H,10-15H2,1H3. The van der Waals surface area contributed by atoms with Crippen LogP contribution in [0.25, 0.3) is 0 Å². The largest absolute Gasteiger partial charge is 0.497 e. The maximum atomic E-state index is 12.0. The van der Waals surface area contributed by atoms with Gasteiger partial charge in [0.15, 0.2) is 0 Å². The fourth-order valence-corrected chi connectivity index (χ4v) is 2.82. The highest BCUT2D eigenvalue weighted by atomic mass is 16.5. The van der Waals surface area contributed by atoms with Crippen molar-refractivity contribution in [2.45, 2.75) is 0 Å². The highest BCUT2D eigenvalue weighted by molar-refractivity contribution is 5.89. The summed E-state index contributed by atoms with van der Waals surface area (Å²) in [5.74, 6) is 1.45. The predicted molar refractivity (Wildman–Crippen MR) is 96.2 cm³/mol. The second-order valence-electron chi connectivity index (χ2n) is 5.88. The zero-order valence-corrected chi connectivity index (χ0v) is 14.4. The van der Waals surface area contributed by atoms with Crippen molar-refractivity contribution in [1.82, 2.24) is 9.88 Å². The number of pyridine rings is 1. The predicted octanol–water partition coefficient (Wildman–Crippen LogP) is 2.07. The molecular formula is C19H23N3O3. The lowest BCUT2D eigenvalue weighted by Gasteiger charge is -2.35. The molecule has 25 heavy (non-hydrogen) atoms. The van der Waals surface area contributed by atoms with Gasteiger partial charge in [-0.2, -0.15) is 0 Å². The van der Waals surface area contributed by atoms with Gasteiger partial charge in [-0.05, 0) is 36.4 Å². The maximum absolute atomic E-state index is 12.0. The van der Waals surface area contributed by atoms with Gasteiger partial charge in [-0.3, -0.25) is 4.90 Å². The molecule has 6 nitrogen and oxygen atoms in total. The number of aromatic nitrogens is 1. The van der Waals surface area contributed by atoms with Gasteiger partial charge in [0.25, 0.3) is 0 Å². The van der Waals surface area contributed by atoms with Crippen molar-refractivity contribution in [2.24, 2.45) is 0 Å². The number of benzene rings is 1. The minimum absolute atomic E-state index is 0.297. The highest BCUT2D eigenvalue weighted by Crippen LogP contribution is 2.13. The molecule has 0 radical (unpaired) electrons. The smallest absolute Gasteiger partial charge is 0.338 e. The average Bonchev–Trinajstić information content (AvgIpc) is 2.69. The first-order valence-electron chi connectivity index (χ1n) is 8.46. The van der Waals surface area contributed by atoms with E-state index in [0.717, 1.165) is 44.3 Å². The number of esters is 1. The Kier molecular flexibility index (Phi) is 5.85. The van der Waals surface area contributed by atoms with Crippen LogP contribution in [0, 0.1) is 0 Å². The second kappa shape index (κ2) is 8.48. The van der Waals surface area contributed by atoms with Crippen LogP contribution in [-0.2, 0) is 4.74 Å². The molecule has 0 saturated carbocycles. The van der Waals surface area contributed by atoms with Crippen LogP contribution in [0.4, 0.5) is 5.82 Å². The number of nitrogens with zero attached hydrogens (tertiary/aromatic N) is 3. The molecule has 6 heteroatoms. The van der Waals surface area contributed by atoms with Crippen LogP contribution < -0.4 is 9.64 Å². The Labute approximate surface area is 148 Å². The molecule has 1 saturated heterocycles. The molecule has 1 fully saturated rings. The lowest BCUT2D eigenvalue weighted by Crippen LogP contribution is -2.47. The van der Waals surface area contributed by atoms with Crippen LogP contribution in [-0.4, -0.2) is 62.3 Å². The molecule has 132 valence electrons. The number of ether oxygens (including phenoxy) is 2. The third kappa shape index (κ3) is 4.70. The summed E-state index contributed by atoms with van der Waals surface area (Å²) in [7, 11) is 1.60. The fraction of sp³-hybridized carbons (Fsp3) is 0.368. The van der Waals surface area contributed by atoms with Crippen LogP contribution in [0.3, 0.4) is 0 Å². The summed E-state index contributed by atoms with van der Waals surface area (Å²) in [5, 5.41) is 0. The summed E-state index contributed by atoms with van der Waals surface area (Å²) >= 11 is 0. The molecule has 0 atom stereocenters. The van der Waals surface area contributed by atoms with Crippen LogP contribution in [0.5, 0.6) is 5.75 Å². The number of rotatable bonds is 6. The third-order valence-corrected chi connectivity index (χ3v) is 4.31. The van der Waals surface area contributed by atoms with Crippen molar-refractivity contribution in [3.8, 4) is 5.75 Å². The Bertz CT molecular complexity index is 668. The van der Waals surface area contributed by atoms with Gasteiger partial charge < -0.3 is 14.4 Å². The molecule has 1 aliphatic heterocycles. The van der Waals surface area contributed by atoms with E-state index in [4.69, 9.17) is 9.47 Å². The first kappa shape index (κ1) is 17.2. The van der Waals surface area contributed by atoms with Crippen molar-refractivity contribution in [3.63, 3.8) is 0 Å². The van der Waals surface area contributed by atoms with E-state index in [2.05, 4.69) is 14.8 Å². The van der Waals surface area contributed by atoms with E-state index in [1.807, 2.05) is 24.4 Å². The Balaban J connectivity index is 1.39. The van der Waals surface area contributed by atoms with E-state index in [-0.39, 0.29) is 5.97 Å². The monoisotopic (exact) mass is 341 g/mol. The van der Waals surface area contributed by atoms with Gasteiger partial charge in [-0.15, -0.1) is 0 Å². The number of methoxy groups -OCH3 is 1. The Hall–Kier alpha value is -2.60. The van der Waals surface area contributed by atoms with Crippen LogP contribution in [0.2, 0.25) is 0 Å². The Morgan fingerprint density at radius 2 is 1.84 bits per heavy atom. The molecule has 2 aromatic rings. The van der Waals surface area contributed by atoms with Gasteiger partial charge in [0.05, 0.1) is 12.7 Å². The van der Waals surface area contributed by atoms with Crippen molar-refractivity contribution >= 4 is 11.8 Å². The fourth-order valence-electron chi connectivity index (χ4n) is 2.82. The average molecular weight is 341 g/mol. The molecule has 2 heterocycles. The van der Waals surface area contributed by atoms with E-state index in [9.17, 15) is 4.79 Å². The van der Waals surface area contributed by atoms with Gasteiger partial charge in [0, 0.05) is 38.9 Å². The number of piperazine rings is 1. The topological polar surface area (TPSA) is 54.9 Å². The summed E-state index contributed by atoms with van der Waals surface area (Å²) in [4.78, 5) is 21.0. The summed E-state index contributed by atoms with van der Waals surface area (Å²) in [6, 6.07) is 12.9. The zero-order chi connectivity index (χ0) is 17.5. The zero-order valence-electron chi connectivity index (χ0n) is 14.4. The number of carbonyl (C=O) groups is 1. The minimum Gasteiger partial charge on any atom is -0.497 e. The Morgan fingerprint density at radius 1 is 1.08 bits per heavy atom. The van der Waals surface area contributed by atoms with Gasteiger partial charge in [0.2, 0.25) is 0 Å². The van der Waals surface area contributed by atoms with Crippen LogP contribution >= 0.6 is 0 Å². The highest BCUT2D eigenvalue weighted by Gasteiger charge is 2.18. The number of hydrogen-bond donors (Lipinski definition) is 0. The second-order valence-corrected chi connectivity index (χ2v) is 5.88. The molecule has 0 bridgehead atoms. The molecule has 1 aromatic carbocycles. The van der Waals surface area contributed by atoms with E-state index >= 15 is 0 Å². The molecular weight excluding hydrogens is 318 g/mol. The van der Waals surface area contributed by atoms with Gasteiger partial charge in [-0.1, -0.05) is 6.07 Å². The molecule has 0 aliphatic carbocycles. The quantitative estimate of drug-likeness (QED) is 0.750. The first-order chi connectivity index (χ1) is 12.3. The summed E-state index contributed by atoms with van der Waals surface area (Å²) in [6.07, 6.45) is 1.82. The van der Waals surface area contributed by atoms with E-state index in [0.29, 0.717) is 12.2 Å². The van der Waals surface area contributed by atoms with Crippen molar-refractivity contribution in [3.05, 3.63) is 54.2 Å². The summed E-state index contributed by atoms with van der Waals surface area (Å²) in [5.41, 5.74) is 0.542.